The second-order valence-corrected chi connectivity index (χ2v) is 5.70. The fourth-order valence-electron chi connectivity index (χ4n) is 3.01. The van der Waals surface area contributed by atoms with Crippen LogP contribution in [0.15, 0.2) is 42.7 Å². The first-order valence-electron chi connectivity index (χ1n) is 7.75. The molecule has 0 aliphatic heterocycles. The van der Waals surface area contributed by atoms with Gasteiger partial charge in [0.05, 0.1) is 5.92 Å². The van der Waals surface area contributed by atoms with Crippen LogP contribution in [-0.4, -0.2) is 24.0 Å². The normalized spacial score (nSPS) is 16.1. The molecule has 1 aliphatic carbocycles. The van der Waals surface area contributed by atoms with Gasteiger partial charge < -0.3 is 10.6 Å². The number of fused-ring (bicyclic) bond motifs is 1. The standard InChI is InChI=1S/C18H21N3O/c1-13-12-19-9-8-17(13)20-10-11-21-18(22)16-7-6-14-4-2-3-5-15(14)16/h2-5,8-9,12,16H,6-7,10-11H2,1H3,(H,19,20)(H,21,22)/t16-/m0/s1. The number of aryl methyl sites for hydroxylation is 2. The summed E-state index contributed by atoms with van der Waals surface area (Å²) in [6, 6.07) is 10.2. The zero-order valence-corrected chi connectivity index (χ0v) is 12.8. The van der Waals surface area contributed by atoms with E-state index >= 15 is 0 Å². The van der Waals surface area contributed by atoms with E-state index in [1.165, 1.54) is 11.1 Å². The Morgan fingerprint density at radius 2 is 2.14 bits per heavy atom. The van der Waals surface area contributed by atoms with E-state index in [-0.39, 0.29) is 11.8 Å². The Balaban J connectivity index is 1.49. The highest BCUT2D eigenvalue weighted by molar-refractivity contribution is 5.84. The summed E-state index contributed by atoms with van der Waals surface area (Å²) < 4.78 is 0. The van der Waals surface area contributed by atoms with Crippen LogP contribution in [0.3, 0.4) is 0 Å². The molecule has 1 aliphatic rings. The Morgan fingerprint density at radius 3 is 3.00 bits per heavy atom. The zero-order valence-electron chi connectivity index (χ0n) is 12.8. The largest absolute Gasteiger partial charge is 0.383 e. The number of rotatable bonds is 5. The number of nitrogens with one attached hydrogen (secondary N) is 2. The monoisotopic (exact) mass is 295 g/mol. The van der Waals surface area contributed by atoms with E-state index in [1.54, 1.807) is 6.20 Å². The molecule has 0 fully saturated rings. The molecule has 0 unspecified atom stereocenters. The lowest BCUT2D eigenvalue weighted by molar-refractivity contribution is -0.122. The van der Waals surface area contributed by atoms with E-state index in [0.29, 0.717) is 13.1 Å². The van der Waals surface area contributed by atoms with Crippen LogP contribution in [0.5, 0.6) is 0 Å². The van der Waals surface area contributed by atoms with E-state index in [1.807, 2.05) is 31.3 Å². The topological polar surface area (TPSA) is 54.0 Å². The molecule has 3 rings (SSSR count). The minimum Gasteiger partial charge on any atom is -0.383 e. The van der Waals surface area contributed by atoms with Crippen molar-refractivity contribution in [2.24, 2.45) is 0 Å². The molecule has 0 spiro atoms. The van der Waals surface area contributed by atoms with Gasteiger partial charge in [-0.25, -0.2) is 0 Å². The number of hydrogen-bond donors (Lipinski definition) is 2. The fraction of sp³-hybridized carbons (Fsp3) is 0.333. The van der Waals surface area contributed by atoms with Crippen LogP contribution in [-0.2, 0) is 11.2 Å². The average Bonchev–Trinajstić information content (AvgIpc) is 2.97. The van der Waals surface area contributed by atoms with Crippen LogP contribution in [0.1, 0.15) is 29.0 Å². The average molecular weight is 295 g/mol. The van der Waals surface area contributed by atoms with Crippen molar-refractivity contribution in [2.45, 2.75) is 25.7 Å². The summed E-state index contributed by atoms with van der Waals surface area (Å²) in [6.45, 7) is 3.35. The van der Waals surface area contributed by atoms with Crippen LogP contribution in [0.25, 0.3) is 0 Å². The first kappa shape index (κ1) is 14.6. The smallest absolute Gasteiger partial charge is 0.227 e. The van der Waals surface area contributed by atoms with Crippen molar-refractivity contribution in [1.29, 1.82) is 0 Å². The van der Waals surface area contributed by atoms with Gasteiger partial charge in [-0.05, 0) is 42.5 Å². The lowest BCUT2D eigenvalue weighted by Gasteiger charge is -2.13. The Morgan fingerprint density at radius 1 is 1.27 bits per heavy atom. The van der Waals surface area contributed by atoms with Gasteiger partial charge in [0.15, 0.2) is 0 Å². The second-order valence-electron chi connectivity index (χ2n) is 5.70. The number of aromatic nitrogens is 1. The van der Waals surface area contributed by atoms with Gasteiger partial charge in [-0.3, -0.25) is 9.78 Å². The number of hydrogen-bond acceptors (Lipinski definition) is 3. The zero-order chi connectivity index (χ0) is 15.4. The molecule has 1 aromatic heterocycles. The third-order valence-corrected chi connectivity index (χ3v) is 4.21. The Bertz CT molecular complexity index is 669. The molecule has 0 saturated heterocycles. The summed E-state index contributed by atoms with van der Waals surface area (Å²) in [5, 5.41) is 6.36. The first-order valence-corrected chi connectivity index (χ1v) is 7.75. The Hall–Kier alpha value is -2.36. The van der Waals surface area contributed by atoms with Crippen molar-refractivity contribution in [2.75, 3.05) is 18.4 Å². The first-order chi connectivity index (χ1) is 10.8. The van der Waals surface area contributed by atoms with Gasteiger partial charge in [0.25, 0.3) is 0 Å². The van der Waals surface area contributed by atoms with Crippen molar-refractivity contribution in [1.82, 2.24) is 10.3 Å². The number of pyridine rings is 1. The van der Waals surface area contributed by atoms with Crippen molar-refractivity contribution in [3.05, 3.63) is 59.4 Å². The molecular weight excluding hydrogens is 274 g/mol. The van der Waals surface area contributed by atoms with Crippen LogP contribution >= 0.6 is 0 Å². The molecule has 114 valence electrons. The fourth-order valence-corrected chi connectivity index (χ4v) is 3.01. The number of carbonyl (C=O) groups is 1. The van der Waals surface area contributed by atoms with Gasteiger partial charge in [-0.1, -0.05) is 24.3 Å². The van der Waals surface area contributed by atoms with E-state index in [4.69, 9.17) is 0 Å². The van der Waals surface area contributed by atoms with Crippen molar-refractivity contribution in [3.63, 3.8) is 0 Å². The highest BCUT2D eigenvalue weighted by atomic mass is 16.1. The minimum absolute atomic E-state index is 0.0128. The van der Waals surface area contributed by atoms with Crippen LogP contribution < -0.4 is 10.6 Å². The van der Waals surface area contributed by atoms with Crippen LogP contribution in [0.2, 0.25) is 0 Å². The summed E-state index contributed by atoms with van der Waals surface area (Å²) in [5.74, 6) is 0.150. The molecule has 4 heteroatoms. The molecule has 0 saturated carbocycles. The lowest BCUT2D eigenvalue weighted by atomic mass is 10.0. The predicted molar refractivity (Wildman–Crippen MR) is 88.0 cm³/mol. The van der Waals surface area contributed by atoms with E-state index < -0.39 is 0 Å². The second kappa shape index (κ2) is 6.60. The summed E-state index contributed by atoms with van der Waals surface area (Å²) in [6.07, 6.45) is 5.52. The molecule has 0 radical (unpaired) electrons. The molecule has 1 heterocycles. The summed E-state index contributed by atoms with van der Waals surface area (Å²) in [4.78, 5) is 16.4. The predicted octanol–water partition coefficient (Wildman–Crippen LogP) is 2.65. The summed E-state index contributed by atoms with van der Waals surface area (Å²) in [5.41, 5.74) is 4.68. The van der Waals surface area contributed by atoms with Gasteiger partial charge in [0.2, 0.25) is 5.91 Å². The minimum atomic E-state index is 0.0128. The van der Waals surface area contributed by atoms with Crippen LogP contribution in [0.4, 0.5) is 5.69 Å². The highest BCUT2D eigenvalue weighted by Crippen LogP contribution is 2.32. The Labute approximate surface area is 131 Å². The summed E-state index contributed by atoms with van der Waals surface area (Å²) >= 11 is 0. The van der Waals surface area contributed by atoms with Gasteiger partial charge in [0, 0.05) is 31.2 Å². The molecule has 2 aromatic rings. The van der Waals surface area contributed by atoms with E-state index in [0.717, 1.165) is 24.1 Å². The van der Waals surface area contributed by atoms with Crippen molar-refractivity contribution in [3.8, 4) is 0 Å². The number of nitrogens with zero attached hydrogens (tertiary/aromatic N) is 1. The molecular formula is C18H21N3O. The number of benzene rings is 1. The molecule has 4 nitrogen and oxygen atoms in total. The number of anilines is 1. The van der Waals surface area contributed by atoms with Gasteiger partial charge in [-0.2, -0.15) is 0 Å². The van der Waals surface area contributed by atoms with Crippen LogP contribution in [0, 0.1) is 6.92 Å². The maximum atomic E-state index is 12.3. The van der Waals surface area contributed by atoms with Gasteiger partial charge in [-0.15, -0.1) is 0 Å². The maximum absolute atomic E-state index is 12.3. The molecule has 1 atom stereocenters. The molecule has 1 amide bonds. The molecule has 2 N–H and O–H groups in total. The van der Waals surface area contributed by atoms with E-state index in [2.05, 4.69) is 27.8 Å². The third-order valence-electron chi connectivity index (χ3n) is 4.21. The molecule has 1 aromatic carbocycles. The Kier molecular flexibility index (Phi) is 4.37. The quantitative estimate of drug-likeness (QED) is 0.834. The van der Waals surface area contributed by atoms with Gasteiger partial charge in [0.1, 0.15) is 0 Å². The summed E-state index contributed by atoms with van der Waals surface area (Å²) in [7, 11) is 0. The highest BCUT2D eigenvalue weighted by Gasteiger charge is 2.27. The number of carbonyl (C=O) groups excluding carboxylic acids is 1. The SMILES string of the molecule is Cc1cnccc1NCCNC(=O)[C@H]1CCc2ccccc21. The van der Waals surface area contributed by atoms with E-state index in [9.17, 15) is 4.79 Å². The molecule has 0 bridgehead atoms. The number of amides is 1. The van der Waals surface area contributed by atoms with Gasteiger partial charge >= 0.3 is 0 Å². The van der Waals surface area contributed by atoms with Crippen molar-refractivity contribution < 1.29 is 4.79 Å². The molecule has 22 heavy (non-hydrogen) atoms. The third kappa shape index (κ3) is 3.11. The van der Waals surface area contributed by atoms with Crippen molar-refractivity contribution >= 4 is 11.6 Å². The lowest BCUT2D eigenvalue weighted by Crippen LogP contribution is -2.32. The maximum Gasteiger partial charge on any atom is 0.227 e.